The molecule has 10 heteroatoms. The summed E-state index contributed by atoms with van der Waals surface area (Å²) in [4.78, 5) is 22.7. The van der Waals surface area contributed by atoms with E-state index in [4.69, 9.17) is 23.9 Å². The summed E-state index contributed by atoms with van der Waals surface area (Å²) in [5, 5.41) is 0.673. The highest BCUT2D eigenvalue weighted by atomic mass is 35.5. The third-order valence-corrected chi connectivity index (χ3v) is 6.87. The van der Waals surface area contributed by atoms with Crippen LogP contribution in [0.25, 0.3) is 10.2 Å². The van der Waals surface area contributed by atoms with Gasteiger partial charge in [0.1, 0.15) is 5.75 Å². The molecule has 0 saturated carbocycles. The molecule has 0 atom stereocenters. The summed E-state index contributed by atoms with van der Waals surface area (Å²) >= 11 is 1.51. The van der Waals surface area contributed by atoms with Gasteiger partial charge >= 0.3 is 0 Å². The molecule has 36 heavy (non-hydrogen) atoms. The number of aromatic nitrogens is 1. The number of rotatable bonds is 11. The molecule has 1 aliphatic rings. The van der Waals surface area contributed by atoms with Crippen LogP contribution in [0.4, 0.5) is 5.13 Å². The summed E-state index contributed by atoms with van der Waals surface area (Å²) in [5.74, 6) is 1.84. The number of ether oxygens (including phenoxy) is 4. The zero-order valence-corrected chi connectivity index (χ0v) is 22.7. The van der Waals surface area contributed by atoms with Crippen LogP contribution < -0.4 is 19.1 Å². The summed E-state index contributed by atoms with van der Waals surface area (Å²) in [6.45, 7) is 9.67. The number of amides is 1. The lowest BCUT2D eigenvalue weighted by molar-refractivity contribution is 0.0376. The van der Waals surface area contributed by atoms with Gasteiger partial charge in [-0.2, -0.15) is 0 Å². The van der Waals surface area contributed by atoms with Gasteiger partial charge in [-0.25, -0.2) is 4.98 Å². The van der Waals surface area contributed by atoms with Crippen molar-refractivity contribution < 1.29 is 23.7 Å². The predicted molar refractivity (Wildman–Crippen MR) is 146 cm³/mol. The van der Waals surface area contributed by atoms with E-state index in [-0.39, 0.29) is 18.3 Å². The van der Waals surface area contributed by atoms with E-state index >= 15 is 0 Å². The average Bonchev–Trinajstić information content (AvgIpc) is 3.31. The quantitative estimate of drug-likeness (QED) is 0.346. The van der Waals surface area contributed by atoms with Crippen molar-refractivity contribution in [2.45, 2.75) is 20.3 Å². The fourth-order valence-electron chi connectivity index (χ4n) is 4.04. The highest BCUT2D eigenvalue weighted by molar-refractivity contribution is 7.22. The first-order chi connectivity index (χ1) is 17.1. The number of hydrogen-bond donors (Lipinski definition) is 0. The number of methoxy groups -OCH3 is 1. The number of carbonyl (C=O) groups excluding carboxylic acids is 1. The summed E-state index contributed by atoms with van der Waals surface area (Å²) in [7, 11) is 1.64. The molecule has 196 valence electrons. The fraction of sp³-hybridized carbons (Fsp3) is 0.462. The van der Waals surface area contributed by atoms with Crippen LogP contribution >= 0.6 is 23.7 Å². The molecular formula is C26H34ClN3O5S. The Labute approximate surface area is 222 Å². The Hall–Kier alpha value is -2.59. The molecule has 0 spiro atoms. The number of thiazole rings is 1. The SMILES string of the molecule is CCOc1ccc(C(=O)N(CCCN2CCOCC2)c2nc3cc(OC)ccc3s2)cc1OCC.Cl. The number of carbonyl (C=O) groups is 1. The predicted octanol–water partition coefficient (Wildman–Crippen LogP) is 4.89. The van der Waals surface area contributed by atoms with Crippen LogP contribution in [0.3, 0.4) is 0 Å². The third kappa shape index (κ3) is 6.79. The summed E-state index contributed by atoms with van der Waals surface area (Å²) in [6, 6.07) is 11.2. The van der Waals surface area contributed by atoms with Gasteiger partial charge < -0.3 is 18.9 Å². The number of morpholine rings is 1. The van der Waals surface area contributed by atoms with Crippen molar-refractivity contribution in [3.8, 4) is 17.2 Å². The van der Waals surface area contributed by atoms with Gasteiger partial charge in [0.05, 0.1) is 43.8 Å². The molecule has 2 heterocycles. The van der Waals surface area contributed by atoms with Gasteiger partial charge in [-0.1, -0.05) is 11.3 Å². The van der Waals surface area contributed by atoms with Crippen LogP contribution in [0, 0.1) is 0 Å². The summed E-state index contributed by atoms with van der Waals surface area (Å²) in [6.07, 6.45) is 0.834. The van der Waals surface area contributed by atoms with Gasteiger partial charge in [-0.05, 0) is 50.6 Å². The van der Waals surface area contributed by atoms with Crippen molar-refractivity contribution in [3.05, 3.63) is 42.0 Å². The van der Waals surface area contributed by atoms with Crippen LogP contribution in [0.5, 0.6) is 17.2 Å². The van der Waals surface area contributed by atoms with Crippen LogP contribution in [-0.4, -0.2) is 75.5 Å². The van der Waals surface area contributed by atoms with Gasteiger partial charge in [-0.3, -0.25) is 14.6 Å². The van der Waals surface area contributed by atoms with Crippen LogP contribution in [0.2, 0.25) is 0 Å². The highest BCUT2D eigenvalue weighted by Gasteiger charge is 2.23. The first-order valence-electron chi connectivity index (χ1n) is 12.1. The molecule has 1 aromatic heterocycles. The van der Waals surface area contributed by atoms with Crippen molar-refractivity contribution in [1.29, 1.82) is 0 Å². The maximum atomic E-state index is 13.8. The lowest BCUT2D eigenvalue weighted by Gasteiger charge is -2.27. The number of nitrogens with zero attached hydrogens (tertiary/aromatic N) is 3. The number of fused-ring (bicyclic) bond motifs is 1. The van der Waals surface area contributed by atoms with E-state index in [9.17, 15) is 4.79 Å². The Balaban J connectivity index is 0.00000361. The Bertz CT molecular complexity index is 1140. The molecule has 3 aromatic rings. The van der Waals surface area contributed by atoms with E-state index in [0.29, 0.717) is 42.0 Å². The molecular weight excluding hydrogens is 502 g/mol. The Morgan fingerprint density at radius 3 is 2.56 bits per heavy atom. The lowest BCUT2D eigenvalue weighted by Crippen LogP contribution is -2.39. The molecule has 1 fully saturated rings. The molecule has 0 bridgehead atoms. The molecule has 0 aliphatic carbocycles. The van der Waals surface area contributed by atoms with Crippen molar-refractivity contribution in [2.24, 2.45) is 0 Å². The minimum absolute atomic E-state index is 0. The van der Waals surface area contributed by atoms with Crippen LogP contribution in [0.1, 0.15) is 30.6 Å². The standard InChI is InChI=1S/C26H33N3O5S.ClH/c1-4-33-22-9-7-19(17-23(22)34-5-2)25(30)29(12-6-11-28-13-15-32-16-14-28)26-27-21-18-20(31-3)8-10-24(21)35-26;/h7-10,17-18H,4-6,11-16H2,1-3H3;1H. The largest absolute Gasteiger partial charge is 0.497 e. The van der Waals surface area contributed by atoms with Gasteiger partial charge in [0, 0.05) is 37.8 Å². The maximum Gasteiger partial charge on any atom is 0.260 e. The van der Waals surface area contributed by atoms with Crippen molar-refractivity contribution >= 4 is 45.0 Å². The number of halogens is 1. The molecule has 0 unspecified atom stereocenters. The highest BCUT2D eigenvalue weighted by Crippen LogP contribution is 2.34. The van der Waals surface area contributed by atoms with Crippen molar-refractivity contribution in [1.82, 2.24) is 9.88 Å². The second kappa shape index (κ2) is 13.6. The molecule has 0 radical (unpaired) electrons. The topological polar surface area (TPSA) is 73.4 Å². The molecule has 1 amide bonds. The molecule has 4 rings (SSSR count). The van der Waals surface area contributed by atoms with E-state index in [1.54, 1.807) is 30.2 Å². The average molecular weight is 536 g/mol. The van der Waals surface area contributed by atoms with E-state index in [1.165, 1.54) is 11.3 Å². The lowest BCUT2D eigenvalue weighted by atomic mass is 10.1. The molecule has 1 saturated heterocycles. The summed E-state index contributed by atoms with van der Waals surface area (Å²) in [5.41, 5.74) is 1.36. The van der Waals surface area contributed by atoms with Crippen LogP contribution in [-0.2, 0) is 4.74 Å². The minimum Gasteiger partial charge on any atom is -0.497 e. The molecule has 0 N–H and O–H groups in total. The van der Waals surface area contributed by atoms with E-state index < -0.39 is 0 Å². The van der Waals surface area contributed by atoms with E-state index in [0.717, 1.165) is 55.2 Å². The zero-order valence-electron chi connectivity index (χ0n) is 21.0. The monoisotopic (exact) mass is 535 g/mol. The Kier molecular flexibility index (Phi) is 10.6. The second-order valence-electron chi connectivity index (χ2n) is 8.12. The van der Waals surface area contributed by atoms with Crippen LogP contribution in [0.15, 0.2) is 36.4 Å². The van der Waals surface area contributed by atoms with E-state index in [1.807, 2.05) is 32.0 Å². The number of hydrogen-bond acceptors (Lipinski definition) is 8. The first kappa shape index (κ1) is 28.0. The van der Waals surface area contributed by atoms with Crippen molar-refractivity contribution in [2.75, 3.05) is 64.6 Å². The Morgan fingerprint density at radius 2 is 1.83 bits per heavy atom. The first-order valence-corrected chi connectivity index (χ1v) is 12.9. The summed E-state index contributed by atoms with van der Waals surface area (Å²) < 4.78 is 23.2. The second-order valence-corrected chi connectivity index (χ2v) is 9.13. The van der Waals surface area contributed by atoms with Crippen molar-refractivity contribution in [3.63, 3.8) is 0 Å². The van der Waals surface area contributed by atoms with Gasteiger partial charge in [0.25, 0.3) is 5.91 Å². The Morgan fingerprint density at radius 1 is 1.08 bits per heavy atom. The smallest absolute Gasteiger partial charge is 0.260 e. The fourth-order valence-corrected chi connectivity index (χ4v) is 5.01. The normalized spacial score (nSPS) is 13.8. The zero-order chi connectivity index (χ0) is 24.6. The molecule has 2 aromatic carbocycles. The molecule has 1 aliphatic heterocycles. The van der Waals surface area contributed by atoms with Gasteiger partial charge in [-0.15, -0.1) is 12.4 Å². The maximum absolute atomic E-state index is 13.8. The van der Waals surface area contributed by atoms with Gasteiger partial charge in [0.2, 0.25) is 0 Å². The number of benzene rings is 2. The number of anilines is 1. The molecule has 8 nitrogen and oxygen atoms in total. The van der Waals surface area contributed by atoms with E-state index in [2.05, 4.69) is 4.90 Å². The van der Waals surface area contributed by atoms with Gasteiger partial charge in [0.15, 0.2) is 16.6 Å². The minimum atomic E-state index is -0.109. The third-order valence-electron chi connectivity index (χ3n) is 5.81.